The van der Waals surface area contributed by atoms with Gasteiger partial charge in [0.05, 0.1) is 18.8 Å². The van der Waals surface area contributed by atoms with Crippen LogP contribution < -0.4 is 5.73 Å². The molecule has 1 aromatic carbocycles. The van der Waals surface area contributed by atoms with Gasteiger partial charge in [0.2, 0.25) is 0 Å². The van der Waals surface area contributed by atoms with E-state index in [0.29, 0.717) is 6.42 Å². The van der Waals surface area contributed by atoms with Gasteiger partial charge in [-0.25, -0.2) is 0 Å². The maximum Gasteiger partial charge on any atom is 0.0633 e. The van der Waals surface area contributed by atoms with E-state index in [4.69, 9.17) is 15.9 Å². The molecular formula is C20H37NO2. The first-order chi connectivity index (χ1) is 11.1. The van der Waals surface area contributed by atoms with E-state index in [2.05, 4.69) is 37.3 Å². The van der Waals surface area contributed by atoms with Crippen molar-refractivity contribution < 1.29 is 10.2 Å². The van der Waals surface area contributed by atoms with E-state index in [1.54, 1.807) is 0 Å². The molecule has 3 heteroatoms. The summed E-state index contributed by atoms with van der Waals surface area (Å²) in [7, 11) is 0. The fourth-order valence-electron chi connectivity index (χ4n) is 2.46. The van der Waals surface area contributed by atoms with E-state index in [1.807, 2.05) is 6.92 Å². The largest absolute Gasteiger partial charge is 0.394 e. The van der Waals surface area contributed by atoms with Gasteiger partial charge in [-0.05, 0) is 24.8 Å². The van der Waals surface area contributed by atoms with Crippen molar-refractivity contribution in [2.24, 2.45) is 5.73 Å². The third kappa shape index (κ3) is 12.2. The maximum absolute atomic E-state index is 8.63. The fourth-order valence-corrected chi connectivity index (χ4v) is 2.46. The normalized spacial score (nSPS) is 11.0. The Bertz CT molecular complexity index is 350. The van der Waals surface area contributed by atoms with Crippen molar-refractivity contribution in [3.8, 4) is 0 Å². The van der Waals surface area contributed by atoms with E-state index in [9.17, 15) is 0 Å². The van der Waals surface area contributed by atoms with Crippen molar-refractivity contribution in [3.05, 3.63) is 35.9 Å². The molecule has 23 heavy (non-hydrogen) atoms. The molecule has 0 fully saturated rings. The van der Waals surface area contributed by atoms with Crippen LogP contribution in [0, 0.1) is 0 Å². The molecule has 1 aromatic rings. The van der Waals surface area contributed by atoms with Gasteiger partial charge in [0.25, 0.3) is 0 Å². The Balaban J connectivity index is 0.000000468. The lowest BCUT2D eigenvalue weighted by molar-refractivity contribution is 0.114. The molecule has 3 nitrogen and oxygen atoms in total. The van der Waals surface area contributed by atoms with Gasteiger partial charge in [0.15, 0.2) is 0 Å². The zero-order valence-corrected chi connectivity index (χ0v) is 15.1. The molecule has 0 aliphatic heterocycles. The Hall–Kier alpha value is -0.900. The van der Waals surface area contributed by atoms with Crippen LogP contribution in [0.4, 0.5) is 0 Å². The van der Waals surface area contributed by atoms with Crippen molar-refractivity contribution in [3.63, 3.8) is 0 Å². The highest BCUT2D eigenvalue weighted by Crippen LogP contribution is 2.09. The van der Waals surface area contributed by atoms with Crippen LogP contribution in [0.15, 0.2) is 30.3 Å². The third-order valence-corrected chi connectivity index (χ3v) is 4.04. The average Bonchev–Trinajstić information content (AvgIpc) is 2.59. The third-order valence-electron chi connectivity index (χ3n) is 4.04. The molecular weight excluding hydrogens is 286 g/mol. The molecule has 0 heterocycles. The van der Waals surface area contributed by atoms with E-state index in [0.717, 1.165) is 6.42 Å². The van der Waals surface area contributed by atoms with Crippen LogP contribution in [0.2, 0.25) is 0 Å². The highest BCUT2D eigenvalue weighted by Gasteiger charge is 2.20. The second-order valence-electron chi connectivity index (χ2n) is 6.43. The summed E-state index contributed by atoms with van der Waals surface area (Å²) in [4.78, 5) is 0. The van der Waals surface area contributed by atoms with Gasteiger partial charge in [-0.1, -0.05) is 82.7 Å². The molecule has 0 bridgehead atoms. The molecule has 0 saturated heterocycles. The summed E-state index contributed by atoms with van der Waals surface area (Å²) in [5, 5.41) is 17.3. The lowest BCUT2D eigenvalue weighted by Crippen LogP contribution is -2.47. The molecule has 0 saturated carbocycles. The van der Waals surface area contributed by atoms with Crippen molar-refractivity contribution in [1.29, 1.82) is 0 Å². The molecule has 0 radical (unpaired) electrons. The molecule has 0 spiro atoms. The molecule has 0 amide bonds. The molecule has 1 rings (SSSR count). The van der Waals surface area contributed by atoms with Crippen LogP contribution in [0.3, 0.4) is 0 Å². The summed E-state index contributed by atoms with van der Waals surface area (Å²) in [5.74, 6) is 0. The van der Waals surface area contributed by atoms with Crippen LogP contribution in [0.5, 0.6) is 0 Å². The number of rotatable bonds is 11. The van der Waals surface area contributed by atoms with E-state index in [1.165, 1.54) is 50.5 Å². The van der Waals surface area contributed by atoms with Crippen LogP contribution in [0.1, 0.15) is 70.8 Å². The Labute approximate surface area is 142 Å². The van der Waals surface area contributed by atoms with Gasteiger partial charge in [-0.15, -0.1) is 0 Å². The first-order valence-corrected chi connectivity index (χ1v) is 9.16. The van der Waals surface area contributed by atoms with Gasteiger partial charge in [-0.3, -0.25) is 0 Å². The first-order valence-electron chi connectivity index (χ1n) is 9.16. The molecule has 0 unspecified atom stereocenters. The summed E-state index contributed by atoms with van der Waals surface area (Å²) in [6, 6.07) is 10.8. The van der Waals surface area contributed by atoms with Crippen molar-refractivity contribution in [2.75, 3.05) is 13.2 Å². The maximum atomic E-state index is 8.63. The molecule has 0 aromatic heterocycles. The lowest BCUT2D eigenvalue weighted by atomic mass is 9.98. The van der Waals surface area contributed by atoms with Gasteiger partial charge in [-0.2, -0.15) is 0 Å². The zero-order valence-electron chi connectivity index (χ0n) is 15.1. The number of unbranched alkanes of at least 4 members (excludes halogenated alkanes) is 5. The van der Waals surface area contributed by atoms with Crippen molar-refractivity contribution in [1.82, 2.24) is 0 Å². The molecule has 4 N–H and O–H groups in total. The SMILES string of the molecule is CCCC(N)(CO)CO.CCCCCCCCc1ccccc1. The van der Waals surface area contributed by atoms with Gasteiger partial charge < -0.3 is 15.9 Å². The Morgan fingerprint density at radius 1 is 0.826 bits per heavy atom. The summed E-state index contributed by atoms with van der Waals surface area (Å²) >= 11 is 0. The standard InChI is InChI=1S/C14H22.C6H15NO2/c1-2-3-4-5-6-8-11-14-12-9-7-10-13-14;1-2-3-6(7,4-8)5-9/h7,9-10,12-13H,2-6,8,11H2,1H3;8-9H,2-5,7H2,1H3. The number of aryl methyl sites for hydroxylation is 1. The lowest BCUT2D eigenvalue weighted by Gasteiger charge is -2.23. The van der Waals surface area contributed by atoms with Crippen LogP contribution in [-0.4, -0.2) is 29.0 Å². The molecule has 0 atom stereocenters. The number of aliphatic hydroxyl groups is 2. The summed E-state index contributed by atoms with van der Waals surface area (Å²) < 4.78 is 0. The average molecular weight is 324 g/mol. The quantitative estimate of drug-likeness (QED) is 0.538. The number of hydrogen-bond donors (Lipinski definition) is 3. The fraction of sp³-hybridized carbons (Fsp3) is 0.700. The predicted octanol–water partition coefficient (Wildman–Crippen LogP) is 4.06. The van der Waals surface area contributed by atoms with Gasteiger partial charge >= 0.3 is 0 Å². The van der Waals surface area contributed by atoms with E-state index >= 15 is 0 Å². The van der Waals surface area contributed by atoms with Crippen LogP contribution in [0.25, 0.3) is 0 Å². The Morgan fingerprint density at radius 3 is 1.87 bits per heavy atom. The van der Waals surface area contributed by atoms with Crippen molar-refractivity contribution in [2.45, 2.75) is 77.2 Å². The minimum absolute atomic E-state index is 0.142. The number of nitrogens with two attached hydrogens (primary N) is 1. The smallest absolute Gasteiger partial charge is 0.0633 e. The summed E-state index contributed by atoms with van der Waals surface area (Å²) in [6.45, 7) is 3.95. The molecule has 0 aliphatic carbocycles. The molecule has 0 aliphatic rings. The molecule has 134 valence electrons. The minimum Gasteiger partial charge on any atom is -0.394 e. The number of benzene rings is 1. The minimum atomic E-state index is -0.755. The van der Waals surface area contributed by atoms with Gasteiger partial charge in [0, 0.05) is 0 Å². The monoisotopic (exact) mass is 323 g/mol. The number of hydrogen-bond acceptors (Lipinski definition) is 3. The topological polar surface area (TPSA) is 66.5 Å². The number of aliphatic hydroxyl groups excluding tert-OH is 2. The highest BCUT2D eigenvalue weighted by atomic mass is 16.3. The Kier molecular flexibility index (Phi) is 14.1. The highest BCUT2D eigenvalue weighted by molar-refractivity contribution is 5.14. The first kappa shape index (κ1) is 22.1. The van der Waals surface area contributed by atoms with E-state index in [-0.39, 0.29) is 13.2 Å². The second kappa shape index (κ2) is 14.7. The predicted molar refractivity (Wildman–Crippen MR) is 99.5 cm³/mol. The summed E-state index contributed by atoms with van der Waals surface area (Å²) in [5.41, 5.74) is 6.24. The second-order valence-corrected chi connectivity index (χ2v) is 6.43. The zero-order chi connectivity index (χ0) is 17.4. The Morgan fingerprint density at radius 2 is 1.39 bits per heavy atom. The van der Waals surface area contributed by atoms with E-state index < -0.39 is 5.54 Å². The van der Waals surface area contributed by atoms with Crippen LogP contribution >= 0.6 is 0 Å². The van der Waals surface area contributed by atoms with Crippen LogP contribution in [-0.2, 0) is 6.42 Å². The van der Waals surface area contributed by atoms with Gasteiger partial charge in [0.1, 0.15) is 0 Å². The summed E-state index contributed by atoms with van der Waals surface area (Å²) in [6.07, 6.45) is 11.2. The van der Waals surface area contributed by atoms with Crippen molar-refractivity contribution >= 4 is 0 Å².